The van der Waals surface area contributed by atoms with Gasteiger partial charge >= 0.3 is 5.69 Å². The lowest BCUT2D eigenvalue weighted by Gasteiger charge is -2.30. The first-order valence-corrected chi connectivity index (χ1v) is 10.9. The van der Waals surface area contributed by atoms with E-state index in [9.17, 15) is 23.9 Å². The molecule has 35 heavy (non-hydrogen) atoms. The van der Waals surface area contributed by atoms with Crippen molar-refractivity contribution in [1.29, 1.82) is 5.26 Å². The van der Waals surface area contributed by atoms with Crippen LogP contribution in [0.1, 0.15) is 41.7 Å². The van der Waals surface area contributed by atoms with E-state index in [1.165, 1.54) is 21.7 Å². The van der Waals surface area contributed by atoms with E-state index < -0.39 is 29.5 Å². The normalized spacial score (nSPS) is 17.6. The summed E-state index contributed by atoms with van der Waals surface area (Å²) in [7, 11) is 1.57. The van der Waals surface area contributed by atoms with Crippen molar-refractivity contribution in [3.63, 3.8) is 0 Å². The maximum Gasteiger partial charge on any atom is 0.330 e. The Balaban J connectivity index is 1.59. The van der Waals surface area contributed by atoms with Crippen LogP contribution in [-0.2, 0) is 7.05 Å². The second kappa shape index (κ2) is 7.54. The Morgan fingerprint density at radius 2 is 1.97 bits per heavy atom. The fraction of sp³-hybridized carbons (Fsp3) is 0.208. The lowest BCUT2D eigenvalue weighted by Crippen LogP contribution is -2.30. The van der Waals surface area contributed by atoms with Gasteiger partial charge in [0.05, 0.1) is 41.0 Å². The van der Waals surface area contributed by atoms with Crippen LogP contribution in [0.2, 0.25) is 0 Å². The standard InChI is InChI=1S/C24H17F2N7O2/c1-31-19-10-28-23(32-11-29-16-3-2-12(9-27)6-18(16)32)30-22(19)33(24(31)35)17-4-5-20(34)21-14(17)7-13(25)8-15(21)26/h2-3,6-8,10-11,17,20,34H,4-5H2,1H3/t17-,20-/m1/s1. The van der Waals surface area contributed by atoms with Gasteiger partial charge < -0.3 is 5.11 Å². The SMILES string of the molecule is Cn1c(=O)n([C@@H]2CC[C@@H](O)c3c(F)cc(F)cc32)c2nc(-n3cnc4ccc(C#N)cc43)ncc21. The number of aromatic nitrogens is 6. The lowest BCUT2D eigenvalue weighted by molar-refractivity contribution is 0.142. The number of hydrogen-bond acceptors (Lipinski definition) is 6. The molecule has 0 radical (unpaired) electrons. The highest BCUT2D eigenvalue weighted by Crippen LogP contribution is 2.40. The molecule has 1 N–H and O–H groups in total. The van der Waals surface area contributed by atoms with E-state index in [1.54, 1.807) is 29.8 Å². The molecule has 0 amide bonds. The summed E-state index contributed by atoms with van der Waals surface area (Å²) in [6, 6.07) is 8.29. The molecule has 0 bridgehead atoms. The minimum absolute atomic E-state index is 0.00882. The summed E-state index contributed by atoms with van der Waals surface area (Å²) in [4.78, 5) is 26.7. The van der Waals surface area contributed by atoms with Gasteiger partial charge in [-0.1, -0.05) is 0 Å². The summed E-state index contributed by atoms with van der Waals surface area (Å²) in [6.45, 7) is 0. The first-order chi connectivity index (χ1) is 16.9. The van der Waals surface area contributed by atoms with Gasteiger partial charge in [-0.25, -0.2) is 23.5 Å². The van der Waals surface area contributed by atoms with E-state index in [0.717, 1.165) is 12.1 Å². The van der Waals surface area contributed by atoms with Crippen LogP contribution in [0.3, 0.4) is 0 Å². The second-order valence-corrected chi connectivity index (χ2v) is 8.52. The smallest absolute Gasteiger partial charge is 0.330 e. The Morgan fingerprint density at radius 3 is 2.77 bits per heavy atom. The van der Waals surface area contributed by atoms with Gasteiger partial charge in [-0.05, 0) is 42.7 Å². The maximum atomic E-state index is 14.6. The summed E-state index contributed by atoms with van der Waals surface area (Å²) < 4.78 is 33.2. The topological polar surface area (TPSA) is 115 Å². The van der Waals surface area contributed by atoms with Crippen LogP contribution in [0, 0.1) is 23.0 Å². The summed E-state index contributed by atoms with van der Waals surface area (Å²) >= 11 is 0. The zero-order valence-corrected chi connectivity index (χ0v) is 18.4. The van der Waals surface area contributed by atoms with Crippen molar-refractivity contribution in [2.24, 2.45) is 7.05 Å². The van der Waals surface area contributed by atoms with Crippen LogP contribution in [0.25, 0.3) is 28.1 Å². The molecule has 0 saturated carbocycles. The third-order valence-corrected chi connectivity index (χ3v) is 6.56. The van der Waals surface area contributed by atoms with E-state index in [0.29, 0.717) is 22.1 Å². The molecule has 0 fully saturated rings. The lowest BCUT2D eigenvalue weighted by atomic mass is 9.85. The molecule has 2 aromatic carbocycles. The quantitative estimate of drug-likeness (QED) is 0.422. The fourth-order valence-electron chi connectivity index (χ4n) is 4.88. The number of fused-ring (bicyclic) bond motifs is 3. The molecule has 6 rings (SSSR count). The summed E-state index contributed by atoms with van der Waals surface area (Å²) in [6.07, 6.45) is 2.42. The summed E-state index contributed by atoms with van der Waals surface area (Å²) in [5, 5.41) is 19.7. The Bertz CT molecular complexity index is 1760. The highest BCUT2D eigenvalue weighted by Gasteiger charge is 2.33. The van der Waals surface area contributed by atoms with Crippen LogP contribution in [0.15, 0.2) is 47.7 Å². The third kappa shape index (κ3) is 3.07. The molecule has 3 aromatic heterocycles. The number of benzene rings is 2. The molecule has 2 atom stereocenters. The fourth-order valence-corrected chi connectivity index (χ4v) is 4.88. The zero-order valence-electron chi connectivity index (χ0n) is 18.4. The molecule has 9 nitrogen and oxygen atoms in total. The maximum absolute atomic E-state index is 14.6. The van der Waals surface area contributed by atoms with Crippen molar-refractivity contribution in [3.05, 3.63) is 81.7 Å². The molecule has 1 aliphatic carbocycles. The van der Waals surface area contributed by atoms with E-state index in [2.05, 4.69) is 21.0 Å². The predicted octanol–water partition coefficient (Wildman–Crippen LogP) is 3.04. The van der Waals surface area contributed by atoms with Gasteiger partial charge in [-0.15, -0.1) is 0 Å². The molecule has 1 aliphatic rings. The molecule has 0 spiro atoms. The van der Waals surface area contributed by atoms with Crippen molar-refractivity contribution < 1.29 is 13.9 Å². The van der Waals surface area contributed by atoms with Crippen LogP contribution >= 0.6 is 0 Å². The number of nitriles is 1. The highest BCUT2D eigenvalue weighted by atomic mass is 19.1. The molecule has 0 aliphatic heterocycles. The molecule has 0 unspecified atom stereocenters. The van der Waals surface area contributed by atoms with E-state index in [-0.39, 0.29) is 35.6 Å². The number of aliphatic hydroxyl groups excluding tert-OH is 1. The van der Waals surface area contributed by atoms with E-state index >= 15 is 0 Å². The van der Waals surface area contributed by atoms with Gasteiger partial charge in [0.15, 0.2) is 5.65 Å². The minimum atomic E-state index is -1.09. The Labute approximate surface area is 196 Å². The third-order valence-electron chi connectivity index (χ3n) is 6.56. The van der Waals surface area contributed by atoms with Crippen molar-refractivity contribution >= 4 is 22.2 Å². The Hall–Kier alpha value is -4.43. The first kappa shape index (κ1) is 21.1. The predicted molar refractivity (Wildman–Crippen MR) is 121 cm³/mol. The van der Waals surface area contributed by atoms with Gasteiger partial charge in [-0.3, -0.25) is 13.7 Å². The van der Waals surface area contributed by atoms with Gasteiger partial charge in [0, 0.05) is 18.7 Å². The minimum Gasteiger partial charge on any atom is -0.388 e. The van der Waals surface area contributed by atoms with E-state index in [4.69, 9.17) is 0 Å². The summed E-state index contributed by atoms with van der Waals surface area (Å²) in [5.74, 6) is -1.42. The first-order valence-electron chi connectivity index (χ1n) is 10.9. The number of halogens is 2. The number of aliphatic hydroxyl groups is 1. The van der Waals surface area contributed by atoms with Gasteiger partial charge in [0.2, 0.25) is 5.95 Å². The Morgan fingerprint density at radius 1 is 1.14 bits per heavy atom. The molecule has 5 aromatic rings. The van der Waals surface area contributed by atoms with Gasteiger partial charge in [0.1, 0.15) is 23.5 Å². The van der Waals surface area contributed by atoms with Gasteiger partial charge in [-0.2, -0.15) is 10.2 Å². The highest BCUT2D eigenvalue weighted by molar-refractivity contribution is 5.79. The number of hydrogen-bond donors (Lipinski definition) is 1. The largest absolute Gasteiger partial charge is 0.388 e. The van der Waals surface area contributed by atoms with E-state index in [1.807, 2.05) is 0 Å². The number of aryl methyl sites for hydroxylation is 1. The molecule has 3 heterocycles. The Kier molecular flexibility index (Phi) is 4.55. The number of rotatable bonds is 2. The van der Waals surface area contributed by atoms with Crippen LogP contribution < -0.4 is 5.69 Å². The van der Waals surface area contributed by atoms with Crippen molar-refractivity contribution in [3.8, 4) is 12.0 Å². The van der Waals surface area contributed by atoms with Crippen LogP contribution in [-0.4, -0.2) is 33.8 Å². The van der Waals surface area contributed by atoms with Crippen LogP contribution in [0.4, 0.5) is 8.78 Å². The average Bonchev–Trinajstić information content (AvgIpc) is 3.37. The van der Waals surface area contributed by atoms with Gasteiger partial charge in [0.25, 0.3) is 0 Å². The van der Waals surface area contributed by atoms with Crippen LogP contribution in [0.5, 0.6) is 0 Å². The molecular weight excluding hydrogens is 456 g/mol. The molecular formula is C24H17F2N7O2. The monoisotopic (exact) mass is 473 g/mol. The molecule has 0 saturated heterocycles. The second-order valence-electron chi connectivity index (χ2n) is 8.52. The molecule has 174 valence electrons. The van der Waals surface area contributed by atoms with Crippen molar-refractivity contribution in [2.75, 3.05) is 0 Å². The van der Waals surface area contributed by atoms with Crippen molar-refractivity contribution in [2.45, 2.75) is 25.0 Å². The molecule has 11 heteroatoms. The van der Waals surface area contributed by atoms with Crippen molar-refractivity contribution in [1.82, 2.24) is 28.7 Å². The zero-order chi connectivity index (χ0) is 24.4. The summed E-state index contributed by atoms with van der Waals surface area (Å²) in [5.41, 5.74) is 2.18. The average molecular weight is 473 g/mol. The number of nitrogens with zero attached hydrogens (tertiary/aromatic N) is 7. The number of imidazole rings is 2.